The van der Waals surface area contributed by atoms with Crippen molar-refractivity contribution in [2.24, 2.45) is 17.6 Å². The number of hydrogen-bond donors (Lipinski definition) is 2. The summed E-state index contributed by atoms with van der Waals surface area (Å²) in [6, 6.07) is 9.78. The highest BCUT2D eigenvalue weighted by atomic mass is 16.6. The molecule has 0 radical (unpaired) electrons. The molecule has 1 aliphatic rings. The van der Waals surface area contributed by atoms with Crippen molar-refractivity contribution in [1.82, 2.24) is 0 Å². The third-order valence-corrected chi connectivity index (χ3v) is 5.24. The van der Waals surface area contributed by atoms with E-state index >= 15 is 0 Å². The van der Waals surface area contributed by atoms with Crippen molar-refractivity contribution in [3.63, 3.8) is 0 Å². The van der Waals surface area contributed by atoms with Gasteiger partial charge in [-0.05, 0) is 17.9 Å². The SMILES string of the molecule is CCC(CC)CC(c1ccccc1)C1(OC(=O)CN)CC1C(=O)O. The van der Waals surface area contributed by atoms with Gasteiger partial charge >= 0.3 is 11.9 Å². The van der Waals surface area contributed by atoms with E-state index in [1.165, 1.54) is 0 Å². The van der Waals surface area contributed by atoms with Crippen molar-refractivity contribution >= 4 is 11.9 Å². The van der Waals surface area contributed by atoms with Crippen molar-refractivity contribution in [3.8, 4) is 0 Å². The molecule has 5 nitrogen and oxygen atoms in total. The first-order valence-electron chi connectivity index (χ1n) is 8.68. The summed E-state index contributed by atoms with van der Waals surface area (Å²) in [6.07, 6.45) is 3.18. The van der Waals surface area contributed by atoms with E-state index in [-0.39, 0.29) is 12.5 Å². The van der Waals surface area contributed by atoms with Crippen LogP contribution in [-0.4, -0.2) is 29.2 Å². The smallest absolute Gasteiger partial charge is 0.320 e. The van der Waals surface area contributed by atoms with E-state index in [4.69, 9.17) is 10.5 Å². The van der Waals surface area contributed by atoms with Crippen LogP contribution in [0.25, 0.3) is 0 Å². The number of hydrogen-bond acceptors (Lipinski definition) is 4. The van der Waals surface area contributed by atoms with Gasteiger partial charge in [-0.3, -0.25) is 9.59 Å². The maximum Gasteiger partial charge on any atom is 0.320 e. The zero-order valence-electron chi connectivity index (χ0n) is 14.4. The maximum absolute atomic E-state index is 11.9. The largest absolute Gasteiger partial charge is 0.481 e. The number of carbonyl (C=O) groups is 2. The van der Waals surface area contributed by atoms with Crippen LogP contribution in [0, 0.1) is 11.8 Å². The van der Waals surface area contributed by atoms with Crippen LogP contribution in [-0.2, 0) is 14.3 Å². The fraction of sp³-hybridized carbons (Fsp3) is 0.579. The quantitative estimate of drug-likeness (QED) is 0.678. The normalized spacial score (nSPS) is 23.8. The molecule has 0 spiro atoms. The summed E-state index contributed by atoms with van der Waals surface area (Å²) in [4.78, 5) is 23.4. The molecule has 132 valence electrons. The fourth-order valence-corrected chi connectivity index (χ4v) is 3.64. The van der Waals surface area contributed by atoms with E-state index in [0.717, 1.165) is 24.8 Å². The third kappa shape index (κ3) is 3.78. The lowest BCUT2D eigenvalue weighted by Crippen LogP contribution is -2.35. The summed E-state index contributed by atoms with van der Waals surface area (Å²) in [6.45, 7) is 4.04. The molecule has 1 aromatic rings. The monoisotopic (exact) mass is 333 g/mol. The Kier molecular flexibility index (Phi) is 5.99. The van der Waals surface area contributed by atoms with Crippen LogP contribution < -0.4 is 5.73 Å². The molecule has 0 amide bonds. The van der Waals surface area contributed by atoms with Gasteiger partial charge in [0.15, 0.2) is 0 Å². The lowest BCUT2D eigenvalue weighted by Gasteiger charge is -2.31. The molecule has 0 aromatic heterocycles. The number of carboxylic acids is 1. The summed E-state index contributed by atoms with van der Waals surface area (Å²) < 4.78 is 5.63. The number of benzene rings is 1. The van der Waals surface area contributed by atoms with Crippen molar-refractivity contribution in [2.45, 2.75) is 51.0 Å². The molecule has 0 bridgehead atoms. The van der Waals surface area contributed by atoms with Crippen LogP contribution in [0.15, 0.2) is 30.3 Å². The van der Waals surface area contributed by atoms with E-state index in [9.17, 15) is 14.7 Å². The molecule has 0 saturated heterocycles. The molecule has 24 heavy (non-hydrogen) atoms. The van der Waals surface area contributed by atoms with Gasteiger partial charge < -0.3 is 15.6 Å². The van der Waals surface area contributed by atoms with E-state index in [1.54, 1.807) is 0 Å². The zero-order chi connectivity index (χ0) is 17.7. The van der Waals surface area contributed by atoms with E-state index in [2.05, 4.69) is 13.8 Å². The first-order chi connectivity index (χ1) is 11.5. The van der Waals surface area contributed by atoms with Gasteiger partial charge in [-0.2, -0.15) is 0 Å². The summed E-state index contributed by atoms with van der Waals surface area (Å²) >= 11 is 0. The van der Waals surface area contributed by atoms with Gasteiger partial charge in [0.25, 0.3) is 0 Å². The van der Waals surface area contributed by atoms with E-state index in [0.29, 0.717) is 12.3 Å². The minimum atomic E-state index is -0.966. The molecular formula is C19H27NO4. The summed E-state index contributed by atoms with van der Waals surface area (Å²) in [5.41, 5.74) is 5.46. The highest BCUT2D eigenvalue weighted by Gasteiger charge is 2.66. The second-order valence-electron chi connectivity index (χ2n) is 6.61. The number of carboxylic acid groups (broad SMARTS) is 1. The lowest BCUT2D eigenvalue weighted by molar-refractivity contribution is -0.155. The average molecular weight is 333 g/mol. The molecule has 1 saturated carbocycles. The minimum absolute atomic E-state index is 0.125. The molecule has 2 rings (SSSR count). The van der Waals surface area contributed by atoms with Crippen molar-refractivity contribution in [2.75, 3.05) is 6.54 Å². The summed E-state index contributed by atoms with van der Waals surface area (Å²) in [5, 5.41) is 9.50. The topological polar surface area (TPSA) is 89.6 Å². The Bertz CT molecular complexity index is 570. The molecule has 3 unspecified atom stereocenters. The van der Waals surface area contributed by atoms with Crippen molar-refractivity contribution in [3.05, 3.63) is 35.9 Å². The number of nitrogens with two attached hydrogens (primary N) is 1. The van der Waals surface area contributed by atoms with Crippen molar-refractivity contribution in [1.29, 1.82) is 0 Å². The Balaban J connectivity index is 2.38. The maximum atomic E-state index is 11.9. The Morgan fingerprint density at radius 1 is 1.29 bits per heavy atom. The first-order valence-corrected chi connectivity index (χ1v) is 8.68. The molecule has 3 atom stereocenters. The summed E-state index contributed by atoms with van der Waals surface area (Å²) in [5.74, 6) is -1.78. The standard InChI is InChI=1S/C19H27NO4/c1-3-13(4-2)10-15(14-8-6-5-7-9-14)19(24-17(21)12-20)11-16(19)18(22)23/h5-9,13,15-16H,3-4,10-12,20H2,1-2H3,(H,22,23). The zero-order valence-corrected chi connectivity index (χ0v) is 14.4. The van der Waals surface area contributed by atoms with E-state index in [1.807, 2.05) is 30.3 Å². The van der Waals surface area contributed by atoms with Gasteiger partial charge in [0.05, 0.1) is 6.54 Å². The minimum Gasteiger partial charge on any atom is -0.481 e. The van der Waals surface area contributed by atoms with Crippen LogP contribution in [0.5, 0.6) is 0 Å². The van der Waals surface area contributed by atoms with Gasteiger partial charge in [-0.1, -0.05) is 57.0 Å². The highest BCUT2D eigenvalue weighted by molar-refractivity contribution is 5.79. The first kappa shape index (κ1) is 18.5. The Morgan fingerprint density at radius 3 is 2.38 bits per heavy atom. The predicted molar refractivity (Wildman–Crippen MR) is 91.5 cm³/mol. The highest BCUT2D eigenvalue weighted by Crippen LogP contribution is 2.58. The average Bonchev–Trinajstić information content (AvgIpc) is 3.32. The van der Waals surface area contributed by atoms with Gasteiger partial charge in [0.2, 0.25) is 0 Å². The molecule has 5 heteroatoms. The van der Waals surface area contributed by atoms with Gasteiger partial charge in [-0.25, -0.2) is 0 Å². The van der Waals surface area contributed by atoms with Crippen LogP contribution in [0.4, 0.5) is 0 Å². The summed E-state index contributed by atoms with van der Waals surface area (Å²) in [7, 11) is 0. The number of carbonyl (C=O) groups excluding carboxylic acids is 1. The van der Waals surface area contributed by atoms with Crippen LogP contribution in [0.2, 0.25) is 0 Å². The molecular weight excluding hydrogens is 306 g/mol. The lowest BCUT2D eigenvalue weighted by atomic mass is 9.80. The molecule has 1 aliphatic carbocycles. The molecule has 1 fully saturated rings. The van der Waals surface area contributed by atoms with Gasteiger partial charge in [-0.15, -0.1) is 0 Å². The Labute approximate surface area is 143 Å². The molecule has 3 N–H and O–H groups in total. The number of ether oxygens (including phenoxy) is 1. The van der Waals surface area contributed by atoms with Crippen LogP contribution in [0.3, 0.4) is 0 Å². The third-order valence-electron chi connectivity index (χ3n) is 5.24. The second kappa shape index (κ2) is 7.79. The van der Waals surface area contributed by atoms with Gasteiger partial charge in [0.1, 0.15) is 11.5 Å². The molecule has 1 aromatic carbocycles. The van der Waals surface area contributed by atoms with Crippen LogP contribution >= 0.6 is 0 Å². The van der Waals surface area contributed by atoms with Crippen molar-refractivity contribution < 1.29 is 19.4 Å². The molecule has 0 aliphatic heterocycles. The Morgan fingerprint density at radius 2 is 1.92 bits per heavy atom. The number of aliphatic carboxylic acids is 1. The predicted octanol–water partition coefficient (Wildman–Crippen LogP) is 2.94. The number of esters is 1. The van der Waals surface area contributed by atoms with Gasteiger partial charge in [0, 0.05) is 12.3 Å². The van der Waals surface area contributed by atoms with Crippen LogP contribution in [0.1, 0.15) is 51.0 Å². The van der Waals surface area contributed by atoms with E-state index < -0.39 is 23.5 Å². The fourth-order valence-electron chi connectivity index (χ4n) is 3.64. The second-order valence-corrected chi connectivity index (χ2v) is 6.61. The Hall–Kier alpha value is -1.88. The number of rotatable bonds is 9. The molecule has 0 heterocycles.